The fourth-order valence-corrected chi connectivity index (χ4v) is 4.49. The quantitative estimate of drug-likeness (QED) is 0.829. The van der Waals surface area contributed by atoms with E-state index in [1.165, 1.54) is 10.7 Å². The van der Waals surface area contributed by atoms with Gasteiger partial charge in [0.2, 0.25) is 15.9 Å². The van der Waals surface area contributed by atoms with Gasteiger partial charge in [-0.2, -0.15) is 0 Å². The van der Waals surface area contributed by atoms with Crippen LogP contribution in [-0.2, 0) is 14.8 Å². The van der Waals surface area contributed by atoms with Crippen LogP contribution in [0.15, 0.2) is 30.3 Å². The van der Waals surface area contributed by atoms with Gasteiger partial charge in [0, 0.05) is 13.1 Å². The molecule has 128 valence electrons. The van der Waals surface area contributed by atoms with Crippen LogP contribution < -0.4 is 4.31 Å². The molecule has 1 atom stereocenters. The maximum absolute atomic E-state index is 12.8. The standard InChI is InChI=1S/C17H26N2O3S/c1-14(17(20)18(2)15-10-6-4-7-11-15)19(23(3,21)22)16-12-8-5-9-13-16/h5,8-9,12-15H,4,6-7,10-11H2,1-3H3/t14-/m1/s1. The summed E-state index contributed by atoms with van der Waals surface area (Å²) in [4.78, 5) is 14.6. The van der Waals surface area contributed by atoms with E-state index < -0.39 is 16.1 Å². The Labute approximate surface area is 139 Å². The van der Waals surface area contributed by atoms with E-state index in [2.05, 4.69) is 0 Å². The third-order valence-corrected chi connectivity index (χ3v) is 5.79. The maximum Gasteiger partial charge on any atom is 0.246 e. The van der Waals surface area contributed by atoms with Gasteiger partial charge in [-0.3, -0.25) is 9.10 Å². The molecule has 1 aromatic carbocycles. The highest BCUT2D eigenvalue weighted by molar-refractivity contribution is 7.92. The zero-order valence-corrected chi connectivity index (χ0v) is 14.9. The smallest absolute Gasteiger partial charge is 0.246 e. The summed E-state index contributed by atoms with van der Waals surface area (Å²) in [5, 5.41) is 0. The number of para-hydroxylation sites is 1. The number of carbonyl (C=O) groups is 1. The van der Waals surface area contributed by atoms with Crippen molar-refractivity contribution in [2.75, 3.05) is 17.6 Å². The fraction of sp³-hybridized carbons (Fsp3) is 0.588. The van der Waals surface area contributed by atoms with Crippen LogP contribution in [0.2, 0.25) is 0 Å². The predicted octanol–water partition coefficient (Wildman–Crippen LogP) is 2.63. The van der Waals surface area contributed by atoms with Gasteiger partial charge in [-0.05, 0) is 31.9 Å². The van der Waals surface area contributed by atoms with Gasteiger partial charge in [0.15, 0.2) is 0 Å². The number of hydrogen-bond donors (Lipinski definition) is 0. The largest absolute Gasteiger partial charge is 0.341 e. The molecule has 0 aliphatic heterocycles. The lowest BCUT2D eigenvalue weighted by molar-refractivity contribution is -0.133. The normalized spacial score (nSPS) is 17.5. The molecular formula is C17H26N2O3S. The van der Waals surface area contributed by atoms with Gasteiger partial charge < -0.3 is 4.90 Å². The van der Waals surface area contributed by atoms with E-state index in [-0.39, 0.29) is 11.9 Å². The highest BCUT2D eigenvalue weighted by atomic mass is 32.2. The fourth-order valence-electron chi connectivity index (χ4n) is 3.32. The molecule has 0 heterocycles. The second-order valence-corrected chi connectivity index (χ2v) is 8.17. The van der Waals surface area contributed by atoms with E-state index in [1.807, 2.05) is 6.07 Å². The van der Waals surface area contributed by atoms with Crippen LogP contribution >= 0.6 is 0 Å². The van der Waals surface area contributed by atoms with Crippen molar-refractivity contribution in [3.8, 4) is 0 Å². The summed E-state index contributed by atoms with van der Waals surface area (Å²) < 4.78 is 25.7. The molecule has 0 radical (unpaired) electrons. The summed E-state index contributed by atoms with van der Waals surface area (Å²) in [5.74, 6) is -0.147. The zero-order valence-electron chi connectivity index (χ0n) is 14.1. The second kappa shape index (κ2) is 7.34. The molecule has 0 aromatic heterocycles. The van der Waals surface area contributed by atoms with Gasteiger partial charge in [-0.15, -0.1) is 0 Å². The first-order chi connectivity index (χ1) is 10.8. The van der Waals surface area contributed by atoms with E-state index >= 15 is 0 Å². The Morgan fingerprint density at radius 2 is 1.70 bits per heavy atom. The van der Waals surface area contributed by atoms with E-state index in [0.717, 1.165) is 31.9 Å². The number of likely N-dealkylation sites (N-methyl/N-ethyl adjacent to an activating group) is 1. The van der Waals surface area contributed by atoms with Crippen LogP contribution in [0, 0.1) is 0 Å². The minimum absolute atomic E-state index is 0.147. The van der Waals surface area contributed by atoms with Crippen molar-refractivity contribution >= 4 is 21.6 Å². The van der Waals surface area contributed by atoms with E-state index in [9.17, 15) is 13.2 Å². The van der Waals surface area contributed by atoms with Crippen LogP contribution in [0.1, 0.15) is 39.0 Å². The number of amides is 1. The van der Waals surface area contributed by atoms with Crippen molar-refractivity contribution < 1.29 is 13.2 Å². The first kappa shape index (κ1) is 17.8. The van der Waals surface area contributed by atoms with Gasteiger partial charge >= 0.3 is 0 Å². The molecule has 6 heteroatoms. The Kier molecular flexibility index (Phi) is 5.68. The lowest BCUT2D eigenvalue weighted by Gasteiger charge is -2.36. The van der Waals surface area contributed by atoms with E-state index in [1.54, 1.807) is 43.1 Å². The molecule has 1 aromatic rings. The molecule has 23 heavy (non-hydrogen) atoms. The lowest BCUT2D eigenvalue weighted by Crippen LogP contribution is -2.51. The molecule has 0 bridgehead atoms. The van der Waals surface area contributed by atoms with E-state index in [0.29, 0.717) is 5.69 Å². The summed E-state index contributed by atoms with van der Waals surface area (Å²) >= 11 is 0. The third-order valence-electron chi connectivity index (χ3n) is 4.55. The monoisotopic (exact) mass is 338 g/mol. The van der Waals surface area contributed by atoms with Gasteiger partial charge in [0.05, 0.1) is 11.9 Å². The van der Waals surface area contributed by atoms with Crippen LogP contribution in [0.5, 0.6) is 0 Å². The minimum atomic E-state index is -3.54. The minimum Gasteiger partial charge on any atom is -0.341 e. The third kappa shape index (κ3) is 4.25. The molecule has 1 amide bonds. The first-order valence-electron chi connectivity index (χ1n) is 8.13. The molecule has 1 aliphatic rings. The van der Waals surface area contributed by atoms with Crippen LogP contribution in [0.25, 0.3) is 0 Å². The number of rotatable bonds is 5. The predicted molar refractivity (Wildman–Crippen MR) is 92.9 cm³/mol. The molecule has 1 saturated carbocycles. The average Bonchev–Trinajstić information content (AvgIpc) is 2.54. The molecule has 0 N–H and O–H groups in total. The molecular weight excluding hydrogens is 312 g/mol. The van der Waals surface area contributed by atoms with Crippen LogP contribution in [0.3, 0.4) is 0 Å². The number of nitrogens with zero attached hydrogens (tertiary/aromatic N) is 2. The van der Waals surface area contributed by atoms with Crippen molar-refractivity contribution in [3.05, 3.63) is 30.3 Å². The molecule has 0 spiro atoms. The number of anilines is 1. The van der Waals surface area contributed by atoms with Crippen molar-refractivity contribution in [1.82, 2.24) is 4.90 Å². The number of sulfonamides is 1. The molecule has 1 aliphatic carbocycles. The Bertz CT molecular complexity index is 624. The van der Waals surface area contributed by atoms with E-state index in [4.69, 9.17) is 0 Å². The maximum atomic E-state index is 12.8. The van der Waals surface area contributed by atoms with Crippen LogP contribution in [-0.4, -0.2) is 44.6 Å². The topological polar surface area (TPSA) is 57.7 Å². The molecule has 1 fully saturated rings. The molecule has 5 nitrogen and oxygen atoms in total. The average molecular weight is 338 g/mol. The van der Waals surface area contributed by atoms with Gasteiger partial charge in [-0.25, -0.2) is 8.42 Å². The van der Waals surface area contributed by atoms with Crippen molar-refractivity contribution in [2.24, 2.45) is 0 Å². The Hall–Kier alpha value is -1.56. The Balaban J connectivity index is 2.23. The second-order valence-electron chi connectivity index (χ2n) is 6.31. The Morgan fingerprint density at radius 3 is 2.22 bits per heavy atom. The summed E-state index contributed by atoms with van der Waals surface area (Å²) in [7, 11) is -1.75. The van der Waals surface area contributed by atoms with Gasteiger partial charge in [0.1, 0.15) is 6.04 Å². The molecule has 2 rings (SSSR count). The summed E-state index contributed by atoms with van der Waals surface area (Å²) in [5.41, 5.74) is 0.521. The number of benzene rings is 1. The number of hydrogen-bond acceptors (Lipinski definition) is 3. The van der Waals surface area contributed by atoms with Gasteiger partial charge in [-0.1, -0.05) is 37.5 Å². The lowest BCUT2D eigenvalue weighted by atomic mass is 9.94. The van der Waals surface area contributed by atoms with Crippen LogP contribution in [0.4, 0.5) is 5.69 Å². The summed E-state index contributed by atoms with van der Waals surface area (Å²) in [6.45, 7) is 1.66. The van der Waals surface area contributed by atoms with Crippen molar-refractivity contribution in [2.45, 2.75) is 51.1 Å². The highest BCUT2D eigenvalue weighted by Gasteiger charge is 2.33. The zero-order chi connectivity index (χ0) is 17.0. The van der Waals surface area contributed by atoms with Crippen molar-refractivity contribution in [1.29, 1.82) is 0 Å². The first-order valence-corrected chi connectivity index (χ1v) is 9.98. The van der Waals surface area contributed by atoms with Gasteiger partial charge in [0.25, 0.3) is 0 Å². The molecule has 0 saturated heterocycles. The van der Waals surface area contributed by atoms with Crippen molar-refractivity contribution in [3.63, 3.8) is 0 Å². The molecule has 0 unspecified atom stereocenters. The highest BCUT2D eigenvalue weighted by Crippen LogP contribution is 2.25. The Morgan fingerprint density at radius 1 is 1.13 bits per heavy atom. The summed E-state index contributed by atoms with van der Waals surface area (Å²) in [6, 6.07) is 8.27. The SMILES string of the molecule is C[C@H](C(=O)N(C)C1CCCCC1)N(c1ccccc1)S(C)(=O)=O. The number of carbonyl (C=O) groups excluding carboxylic acids is 1. The summed E-state index contributed by atoms with van der Waals surface area (Å²) in [6.07, 6.45) is 6.62.